The fourth-order valence-corrected chi connectivity index (χ4v) is 2.69. The van der Waals surface area contributed by atoms with Crippen LogP contribution in [-0.2, 0) is 13.5 Å². The van der Waals surface area contributed by atoms with Crippen molar-refractivity contribution < 1.29 is 9.47 Å². The standard InChI is InChI=1S/C15H20N4O2/c1-10-8-11(19(2)18-10)9-13(17-16)12-4-3-5-14-15(12)21-7-6-20-14/h3-5,8,13,17H,6-7,9,16H2,1-2H3. The number of hydrazine groups is 1. The van der Waals surface area contributed by atoms with E-state index in [4.69, 9.17) is 15.3 Å². The van der Waals surface area contributed by atoms with E-state index in [0.29, 0.717) is 13.2 Å². The van der Waals surface area contributed by atoms with E-state index in [1.165, 1.54) is 0 Å². The summed E-state index contributed by atoms with van der Waals surface area (Å²) in [6.07, 6.45) is 0.730. The van der Waals surface area contributed by atoms with Gasteiger partial charge in [-0.15, -0.1) is 0 Å². The van der Waals surface area contributed by atoms with E-state index in [-0.39, 0.29) is 6.04 Å². The van der Waals surface area contributed by atoms with Crippen LogP contribution in [0.4, 0.5) is 0 Å². The highest BCUT2D eigenvalue weighted by molar-refractivity contribution is 5.49. The molecule has 0 saturated heterocycles. The fourth-order valence-electron chi connectivity index (χ4n) is 2.69. The van der Waals surface area contributed by atoms with Gasteiger partial charge in [-0.25, -0.2) is 0 Å². The largest absolute Gasteiger partial charge is 0.486 e. The van der Waals surface area contributed by atoms with Gasteiger partial charge in [0.1, 0.15) is 13.2 Å². The van der Waals surface area contributed by atoms with Gasteiger partial charge in [0.25, 0.3) is 0 Å². The molecular weight excluding hydrogens is 268 g/mol. The van der Waals surface area contributed by atoms with Gasteiger partial charge >= 0.3 is 0 Å². The summed E-state index contributed by atoms with van der Waals surface area (Å²) in [4.78, 5) is 0. The van der Waals surface area contributed by atoms with Crippen molar-refractivity contribution in [3.8, 4) is 11.5 Å². The number of ether oxygens (including phenoxy) is 2. The average Bonchev–Trinajstić information content (AvgIpc) is 2.82. The molecule has 0 spiro atoms. The first-order valence-corrected chi connectivity index (χ1v) is 7.03. The molecule has 0 bridgehead atoms. The summed E-state index contributed by atoms with van der Waals surface area (Å²) in [5.41, 5.74) is 6.00. The molecule has 1 atom stereocenters. The first kappa shape index (κ1) is 13.9. The normalized spacial score (nSPS) is 15.0. The minimum Gasteiger partial charge on any atom is -0.486 e. The second-order valence-electron chi connectivity index (χ2n) is 5.20. The molecule has 0 radical (unpaired) electrons. The summed E-state index contributed by atoms with van der Waals surface area (Å²) >= 11 is 0. The highest BCUT2D eigenvalue weighted by Crippen LogP contribution is 2.37. The van der Waals surface area contributed by atoms with Crippen molar-refractivity contribution in [2.75, 3.05) is 13.2 Å². The van der Waals surface area contributed by atoms with Crippen molar-refractivity contribution >= 4 is 0 Å². The van der Waals surface area contributed by atoms with Gasteiger partial charge in [-0.05, 0) is 19.1 Å². The quantitative estimate of drug-likeness (QED) is 0.654. The van der Waals surface area contributed by atoms with Crippen LogP contribution in [-0.4, -0.2) is 23.0 Å². The van der Waals surface area contributed by atoms with Gasteiger partial charge in [-0.1, -0.05) is 12.1 Å². The van der Waals surface area contributed by atoms with Crippen LogP contribution in [0.1, 0.15) is 23.0 Å². The molecule has 1 aromatic carbocycles. The van der Waals surface area contributed by atoms with Crippen LogP contribution in [0.15, 0.2) is 24.3 Å². The monoisotopic (exact) mass is 288 g/mol. The van der Waals surface area contributed by atoms with Crippen molar-refractivity contribution in [1.82, 2.24) is 15.2 Å². The summed E-state index contributed by atoms with van der Waals surface area (Å²) in [5, 5.41) is 4.37. The molecule has 2 aromatic rings. The Labute approximate surface area is 123 Å². The fraction of sp³-hybridized carbons (Fsp3) is 0.400. The summed E-state index contributed by atoms with van der Waals surface area (Å²) in [6, 6.07) is 7.90. The molecule has 1 unspecified atom stereocenters. The number of hydrogen-bond donors (Lipinski definition) is 2. The van der Waals surface area contributed by atoms with E-state index in [0.717, 1.165) is 34.9 Å². The van der Waals surface area contributed by atoms with E-state index >= 15 is 0 Å². The van der Waals surface area contributed by atoms with Crippen molar-refractivity contribution in [2.45, 2.75) is 19.4 Å². The van der Waals surface area contributed by atoms with Crippen LogP contribution >= 0.6 is 0 Å². The number of aromatic nitrogens is 2. The number of fused-ring (bicyclic) bond motifs is 1. The topological polar surface area (TPSA) is 74.3 Å². The molecule has 1 aliphatic rings. The molecule has 0 saturated carbocycles. The zero-order valence-electron chi connectivity index (χ0n) is 12.3. The lowest BCUT2D eigenvalue weighted by atomic mass is 10.0. The Morgan fingerprint density at radius 2 is 2.19 bits per heavy atom. The van der Waals surface area contributed by atoms with Crippen LogP contribution in [0.2, 0.25) is 0 Å². The van der Waals surface area contributed by atoms with Crippen LogP contribution in [0.3, 0.4) is 0 Å². The smallest absolute Gasteiger partial charge is 0.166 e. The number of nitrogens with zero attached hydrogens (tertiary/aromatic N) is 2. The number of nitrogens with one attached hydrogen (secondary N) is 1. The van der Waals surface area contributed by atoms with Crippen LogP contribution in [0, 0.1) is 6.92 Å². The van der Waals surface area contributed by atoms with Gasteiger partial charge in [-0.2, -0.15) is 5.10 Å². The molecule has 0 amide bonds. The Hall–Kier alpha value is -2.05. The first-order chi connectivity index (χ1) is 10.2. The molecule has 6 heteroatoms. The van der Waals surface area contributed by atoms with Crippen molar-refractivity contribution in [3.63, 3.8) is 0 Å². The minimum atomic E-state index is -0.0588. The number of nitrogens with two attached hydrogens (primary N) is 1. The summed E-state index contributed by atoms with van der Waals surface area (Å²) in [6.45, 7) is 3.12. The van der Waals surface area contributed by atoms with E-state index in [1.54, 1.807) is 0 Å². The molecular formula is C15H20N4O2. The van der Waals surface area contributed by atoms with Gasteiger partial charge in [0, 0.05) is 24.7 Å². The second kappa shape index (κ2) is 5.75. The molecule has 112 valence electrons. The molecule has 3 N–H and O–H groups in total. The van der Waals surface area contributed by atoms with Gasteiger partial charge in [0.05, 0.1) is 11.7 Å². The van der Waals surface area contributed by atoms with Crippen LogP contribution < -0.4 is 20.7 Å². The molecule has 2 heterocycles. The molecule has 0 fully saturated rings. The number of para-hydroxylation sites is 1. The Morgan fingerprint density at radius 3 is 2.90 bits per heavy atom. The lowest BCUT2D eigenvalue weighted by Crippen LogP contribution is -2.31. The minimum absolute atomic E-state index is 0.0588. The Morgan fingerprint density at radius 1 is 1.38 bits per heavy atom. The third-order valence-electron chi connectivity index (χ3n) is 3.69. The van der Waals surface area contributed by atoms with Crippen molar-refractivity contribution in [1.29, 1.82) is 0 Å². The van der Waals surface area contributed by atoms with Gasteiger partial charge < -0.3 is 9.47 Å². The number of hydrogen-bond acceptors (Lipinski definition) is 5. The van der Waals surface area contributed by atoms with E-state index in [9.17, 15) is 0 Å². The van der Waals surface area contributed by atoms with Gasteiger partial charge in [-0.3, -0.25) is 16.0 Å². The lowest BCUT2D eigenvalue weighted by Gasteiger charge is -2.25. The predicted molar refractivity (Wildman–Crippen MR) is 79.1 cm³/mol. The third kappa shape index (κ3) is 2.72. The molecule has 0 aliphatic carbocycles. The third-order valence-corrected chi connectivity index (χ3v) is 3.69. The van der Waals surface area contributed by atoms with Crippen molar-refractivity contribution in [3.05, 3.63) is 41.2 Å². The molecule has 3 rings (SSSR count). The SMILES string of the molecule is Cc1cc(CC(NN)c2cccc3c2OCCO3)n(C)n1. The number of aryl methyl sites for hydroxylation is 2. The highest BCUT2D eigenvalue weighted by atomic mass is 16.6. The zero-order valence-corrected chi connectivity index (χ0v) is 12.3. The lowest BCUT2D eigenvalue weighted by molar-refractivity contribution is 0.168. The maximum absolute atomic E-state index is 5.77. The Bertz CT molecular complexity index is 639. The Balaban J connectivity index is 1.91. The van der Waals surface area contributed by atoms with Crippen molar-refractivity contribution in [2.24, 2.45) is 12.9 Å². The zero-order chi connectivity index (χ0) is 14.8. The summed E-state index contributed by atoms with van der Waals surface area (Å²) in [7, 11) is 1.94. The maximum Gasteiger partial charge on any atom is 0.166 e. The van der Waals surface area contributed by atoms with E-state index in [2.05, 4.69) is 16.6 Å². The van der Waals surface area contributed by atoms with Gasteiger partial charge in [0.15, 0.2) is 11.5 Å². The molecule has 21 heavy (non-hydrogen) atoms. The number of benzene rings is 1. The molecule has 1 aromatic heterocycles. The first-order valence-electron chi connectivity index (χ1n) is 7.03. The maximum atomic E-state index is 5.77. The summed E-state index contributed by atoms with van der Waals surface area (Å²) < 4.78 is 13.3. The Kier molecular flexibility index (Phi) is 3.81. The number of rotatable bonds is 4. The highest BCUT2D eigenvalue weighted by Gasteiger charge is 2.22. The van der Waals surface area contributed by atoms with Crippen LogP contribution in [0.25, 0.3) is 0 Å². The van der Waals surface area contributed by atoms with Crippen LogP contribution in [0.5, 0.6) is 11.5 Å². The van der Waals surface area contributed by atoms with Gasteiger partial charge in [0.2, 0.25) is 0 Å². The predicted octanol–water partition coefficient (Wildman–Crippen LogP) is 1.25. The molecule has 1 aliphatic heterocycles. The average molecular weight is 288 g/mol. The second-order valence-corrected chi connectivity index (χ2v) is 5.20. The summed E-state index contributed by atoms with van der Waals surface area (Å²) in [5.74, 6) is 7.33. The molecule has 6 nitrogen and oxygen atoms in total. The van der Waals surface area contributed by atoms with E-state index < -0.39 is 0 Å². The van der Waals surface area contributed by atoms with E-state index in [1.807, 2.05) is 36.9 Å².